The van der Waals surface area contributed by atoms with Crippen LogP contribution < -0.4 is 5.56 Å². The highest BCUT2D eigenvalue weighted by atomic mass is 16.3. The van der Waals surface area contributed by atoms with Gasteiger partial charge in [-0.05, 0) is 42.8 Å². The Morgan fingerprint density at radius 1 is 1.07 bits per heavy atom. The first kappa shape index (κ1) is 16.3. The van der Waals surface area contributed by atoms with Crippen molar-refractivity contribution in [3.05, 3.63) is 88.6 Å². The Labute approximate surface area is 159 Å². The highest BCUT2D eigenvalue weighted by Crippen LogP contribution is 2.27. The van der Waals surface area contributed by atoms with Crippen molar-refractivity contribution < 1.29 is 8.83 Å². The molecule has 5 aromatic rings. The summed E-state index contributed by atoms with van der Waals surface area (Å²) in [6, 6.07) is 18.5. The predicted molar refractivity (Wildman–Crippen MR) is 108 cm³/mol. The van der Waals surface area contributed by atoms with Gasteiger partial charge in [0.25, 0.3) is 5.56 Å². The van der Waals surface area contributed by atoms with E-state index in [9.17, 15) is 4.79 Å². The first-order chi connectivity index (χ1) is 13.7. The van der Waals surface area contributed by atoms with E-state index in [-0.39, 0.29) is 5.56 Å². The Morgan fingerprint density at radius 3 is 2.71 bits per heavy atom. The lowest BCUT2D eigenvalue weighted by molar-refractivity contribution is 0.557. The van der Waals surface area contributed by atoms with Crippen LogP contribution >= 0.6 is 0 Å². The van der Waals surface area contributed by atoms with E-state index in [0.717, 1.165) is 16.5 Å². The molecule has 3 aromatic heterocycles. The monoisotopic (exact) mass is 369 g/mol. The highest BCUT2D eigenvalue weighted by molar-refractivity contribution is 5.84. The first-order valence-corrected chi connectivity index (χ1v) is 8.80. The summed E-state index contributed by atoms with van der Waals surface area (Å²) in [5.74, 6) is 1.38. The molecule has 0 N–H and O–H groups in total. The summed E-state index contributed by atoms with van der Waals surface area (Å²) in [6.07, 6.45) is 3.09. The Balaban J connectivity index is 1.78. The third-order valence-electron chi connectivity index (χ3n) is 4.59. The van der Waals surface area contributed by atoms with E-state index in [0.29, 0.717) is 28.2 Å². The Kier molecular flexibility index (Phi) is 3.69. The number of furan rings is 2. The van der Waals surface area contributed by atoms with E-state index < -0.39 is 0 Å². The molecular weight excluding hydrogens is 354 g/mol. The number of nitrogens with zero attached hydrogens (tertiary/aromatic N) is 3. The van der Waals surface area contributed by atoms with Gasteiger partial charge in [-0.15, -0.1) is 0 Å². The number of aromatic nitrogens is 2. The number of aryl methyl sites for hydroxylation is 1. The summed E-state index contributed by atoms with van der Waals surface area (Å²) in [5.41, 5.74) is 1.96. The average Bonchev–Trinajstić information content (AvgIpc) is 3.33. The van der Waals surface area contributed by atoms with E-state index in [2.05, 4.69) is 10.1 Å². The molecule has 2 aromatic carbocycles. The lowest BCUT2D eigenvalue weighted by Gasteiger charge is -2.06. The molecule has 0 unspecified atom stereocenters. The van der Waals surface area contributed by atoms with Gasteiger partial charge in [-0.1, -0.05) is 30.3 Å². The van der Waals surface area contributed by atoms with Gasteiger partial charge in [0.1, 0.15) is 11.3 Å². The van der Waals surface area contributed by atoms with E-state index in [4.69, 9.17) is 8.83 Å². The predicted octanol–water partition coefficient (Wildman–Crippen LogP) is 4.59. The lowest BCUT2D eigenvalue weighted by Crippen LogP contribution is -2.20. The fourth-order valence-electron chi connectivity index (χ4n) is 3.11. The van der Waals surface area contributed by atoms with Crippen LogP contribution in [0.5, 0.6) is 0 Å². The summed E-state index contributed by atoms with van der Waals surface area (Å²) in [7, 11) is 0. The van der Waals surface area contributed by atoms with Crippen molar-refractivity contribution >= 4 is 28.1 Å². The highest BCUT2D eigenvalue weighted by Gasteiger charge is 2.16. The van der Waals surface area contributed by atoms with Crippen LogP contribution in [0.4, 0.5) is 0 Å². The number of hydrogen-bond donors (Lipinski definition) is 0. The summed E-state index contributed by atoms with van der Waals surface area (Å²) in [4.78, 5) is 17.8. The number of para-hydroxylation sites is 2. The molecule has 3 heterocycles. The minimum atomic E-state index is -0.276. The van der Waals surface area contributed by atoms with Crippen LogP contribution in [0.15, 0.2) is 85.7 Å². The summed E-state index contributed by atoms with van der Waals surface area (Å²) in [6.45, 7) is 1.91. The zero-order chi connectivity index (χ0) is 19.1. The Hall–Kier alpha value is -3.93. The minimum absolute atomic E-state index is 0.276. The molecule has 6 heteroatoms. The smallest absolute Gasteiger partial charge is 0.282 e. The third kappa shape index (κ3) is 2.63. The average molecular weight is 369 g/mol. The van der Waals surface area contributed by atoms with Crippen LogP contribution in [0.2, 0.25) is 0 Å². The maximum atomic E-state index is 13.1. The summed E-state index contributed by atoms with van der Waals surface area (Å²) < 4.78 is 12.6. The van der Waals surface area contributed by atoms with Gasteiger partial charge in [0.05, 0.1) is 23.4 Å². The molecule has 136 valence electrons. The van der Waals surface area contributed by atoms with Crippen molar-refractivity contribution in [1.82, 2.24) is 9.66 Å². The molecular formula is C22H15N3O3. The Morgan fingerprint density at radius 2 is 1.89 bits per heavy atom. The van der Waals surface area contributed by atoms with Crippen LogP contribution in [0, 0.1) is 6.92 Å². The van der Waals surface area contributed by atoms with Gasteiger partial charge in [-0.25, -0.2) is 4.98 Å². The van der Waals surface area contributed by atoms with Gasteiger partial charge >= 0.3 is 0 Å². The molecule has 28 heavy (non-hydrogen) atoms. The molecule has 0 aliphatic rings. The largest absolute Gasteiger partial charge is 0.463 e. The van der Waals surface area contributed by atoms with Crippen molar-refractivity contribution in [2.75, 3.05) is 0 Å². The van der Waals surface area contributed by atoms with Crippen LogP contribution in [0.3, 0.4) is 0 Å². The fraction of sp³-hybridized carbons (Fsp3) is 0.0455. The quantitative estimate of drug-likeness (QED) is 0.436. The number of hydrogen-bond acceptors (Lipinski definition) is 5. The zero-order valence-electron chi connectivity index (χ0n) is 15.0. The fourth-order valence-corrected chi connectivity index (χ4v) is 3.11. The second-order valence-electron chi connectivity index (χ2n) is 6.43. The SMILES string of the molecule is Cc1ccoc1C=Nn1c(-c2cc3ccccc3o2)nc2ccccc2c1=O. The molecule has 0 spiro atoms. The minimum Gasteiger partial charge on any atom is -0.463 e. The van der Waals surface area contributed by atoms with Crippen molar-refractivity contribution in [2.45, 2.75) is 6.92 Å². The number of benzene rings is 2. The molecule has 0 aliphatic heterocycles. The van der Waals surface area contributed by atoms with Gasteiger partial charge in [0.2, 0.25) is 5.82 Å². The first-order valence-electron chi connectivity index (χ1n) is 8.80. The van der Waals surface area contributed by atoms with E-state index in [1.54, 1.807) is 24.5 Å². The summed E-state index contributed by atoms with van der Waals surface area (Å²) in [5, 5.41) is 5.78. The number of fused-ring (bicyclic) bond motifs is 2. The van der Waals surface area contributed by atoms with Gasteiger partial charge < -0.3 is 8.83 Å². The van der Waals surface area contributed by atoms with E-state index in [1.165, 1.54) is 10.9 Å². The van der Waals surface area contributed by atoms with Crippen LogP contribution in [0.25, 0.3) is 33.5 Å². The van der Waals surface area contributed by atoms with E-state index >= 15 is 0 Å². The van der Waals surface area contributed by atoms with Gasteiger partial charge in [0.15, 0.2) is 5.76 Å². The maximum absolute atomic E-state index is 13.1. The lowest BCUT2D eigenvalue weighted by atomic mass is 10.2. The number of rotatable bonds is 3. The zero-order valence-corrected chi connectivity index (χ0v) is 15.0. The standard InChI is InChI=1S/C22H15N3O3/c1-14-10-11-27-20(14)13-23-25-21(19-12-15-6-2-5-9-18(15)28-19)24-17-8-4-3-7-16(17)22(25)26/h2-13H,1H3. The third-order valence-corrected chi connectivity index (χ3v) is 4.59. The molecule has 5 rings (SSSR count). The second-order valence-corrected chi connectivity index (χ2v) is 6.43. The molecule has 0 radical (unpaired) electrons. The molecule has 0 saturated heterocycles. The van der Waals surface area contributed by atoms with Crippen molar-refractivity contribution in [2.24, 2.45) is 5.10 Å². The molecule has 0 amide bonds. The molecule has 0 aliphatic carbocycles. The van der Waals surface area contributed by atoms with Crippen LogP contribution in [-0.2, 0) is 0 Å². The van der Waals surface area contributed by atoms with Gasteiger partial charge in [0, 0.05) is 5.39 Å². The normalized spacial score (nSPS) is 11.8. The van der Waals surface area contributed by atoms with E-state index in [1.807, 2.05) is 49.4 Å². The van der Waals surface area contributed by atoms with Gasteiger partial charge in [-0.2, -0.15) is 9.78 Å². The molecule has 0 bridgehead atoms. The van der Waals surface area contributed by atoms with Crippen LogP contribution in [0.1, 0.15) is 11.3 Å². The molecule has 0 saturated carbocycles. The van der Waals surface area contributed by atoms with Crippen molar-refractivity contribution in [3.8, 4) is 11.6 Å². The Bertz CT molecular complexity index is 1370. The molecule has 6 nitrogen and oxygen atoms in total. The van der Waals surface area contributed by atoms with Gasteiger partial charge in [-0.3, -0.25) is 4.79 Å². The maximum Gasteiger partial charge on any atom is 0.282 e. The second kappa shape index (κ2) is 6.35. The molecule has 0 atom stereocenters. The summed E-state index contributed by atoms with van der Waals surface area (Å²) >= 11 is 0. The van der Waals surface area contributed by atoms with Crippen LogP contribution in [-0.4, -0.2) is 15.9 Å². The van der Waals surface area contributed by atoms with Crippen molar-refractivity contribution in [1.29, 1.82) is 0 Å². The molecule has 0 fully saturated rings. The van der Waals surface area contributed by atoms with Crippen molar-refractivity contribution in [3.63, 3.8) is 0 Å². The topological polar surface area (TPSA) is 73.5 Å².